The van der Waals surface area contributed by atoms with Crippen LogP contribution in [0, 0.1) is 5.92 Å². The highest BCUT2D eigenvalue weighted by atomic mass is 16.2. The summed E-state index contributed by atoms with van der Waals surface area (Å²) >= 11 is 0. The first-order chi connectivity index (χ1) is 12.2. The van der Waals surface area contributed by atoms with Crippen LogP contribution in [0.2, 0.25) is 0 Å². The summed E-state index contributed by atoms with van der Waals surface area (Å²) in [6.45, 7) is 5.48. The molecule has 0 unspecified atom stereocenters. The van der Waals surface area contributed by atoms with Crippen LogP contribution in [0.25, 0.3) is 0 Å². The van der Waals surface area contributed by atoms with Crippen LogP contribution >= 0.6 is 0 Å². The standard InChI is InChI=1S/C21H31N3O/c1-22-12-10-19(11-13-22)23-15-18-8-5-9-21(25)24(20(18)16-23)14-17-6-3-2-4-7-17/h2-4,6-7,18-20H,5,8-16H2,1H3/t18-,20+/m1/s1. The molecule has 1 aromatic rings. The number of likely N-dealkylation sites (tertiary alicyclic amines) is 3. The molecule has 0 radical (unpaired) electrons. The zero-order valence-corrected chi connectivity index (χ0v) is 15.4. The minimum Gasteiger partial charge on any atom is -0.334 e. The average molecular weight is 341 g/mol. The third-order valence-electron chi connectivity index (χ3n) is 6.52. The van der Waals surface area contributed by atoms with Crippen LogP contribution < -0.4 is 0 Å². The lowest BCUT2D eigenvalue weighted by atomic mass is 9.98. The molecule has 1 aromatic carbocycles. The summed E-state index contributed by atoms with van der Waals surface area (Å²) in [5.41, 5.74) is 1.26. The van der Waals surface area contributed by atoms with Crippen molar-refractivity contribution in [2.45, 2.75) is 50.7 Å². The smallest absolute Gasteiger partial charge is 0.223 e. The van der Waals surface area contributed by atoms with Crippen LogP contribution in [0.5, 0.6) is 0 Å². The molecule has 136 valence electrons. The van der Waals surface area contributed by atoms with Gasteiger partial charge < -0.3 is 9.80 Å². The lowest BCUT2D eigenvalue weighted by Gasteiger charge is -2.36. The normalized spacial score (nSPS) is 29.6. The summed E-state index contributed by atoms with van der Waals surface area (Å²) in [7, 11) is 2.23. The molecular formula is C21H31N3O. The summed E-state index contributed by atoms with van der Waals surface area (Å²) in [4.78, 5) is 20.1. The van der Waals surface area contributed by atoms with Gasteiger partial charge in [0.15, 0.2) is 0 Å². The Bertz CT molecular complexity index is 582. The highest BCUT2D eigenvalue weighted by molar-refractivity contribution is 5.77. The van der Waals surface area contributed by atoms with Gasteiger partial charge in [-0.05, 0) is 57.3 Å². The Hall–Kier alpha value is -1.39. The van der Waals surface area contributed by atoms with Gasteiger partial charge >= 0.3 is 0 Å². The highest BCUT2D eigenvalue weighted by Crippen LogP contribution is 2.34. The second-order valence-electron chi connectivity index (χ2n) is 8.22. The summed E-state index contributed by atoms with van der Waals surface area (Å²) < 4.78 is 0. The van der Waals surface area contributed by atoms with E-state index in [1.54, 1.807) is 0 Å². The summed E-state index contributed by atoms with van der Waals surface area (Å²) in [6.07, 6.45) is 5.57. The topological polar surface area (TPSA) is 26.8 Å². The fourth-order valence-corrected chi connectivity index (χ4v) is 5.01. The minimum atomic E-state index is 0.363. The van der Waals surface area contributed by atoms with Gasteiger partial charge in [-0.15, -0.1) is 0 Å². The Morgan fingerprint density at radius 2 is 1.80 bits per heavy atom. The first-order valence-electron chi connectivity index (χ1n) is 9.96. The third-order valence-corrected chi connectivity index (χ3v) is 6.52. The number of rotatable bonds is 3. The zero-order valence-electron chi connectivity index (χ0n) is 15.4. The van der Waals surface area contributed by atoms with E-state index in [2.05, 4.69) is 46.0 Å². The van der Waals surface area contributed by atoms with Crippen molar-refractivity contribution in [1.29, 1.82) is 0 Å². The largest absolute Gasteiger partial charge is 0.334 e. The molecule has 4 rings (SSSR count). The van der Waals surface area contributed by atoms with Gasteiger partial charge in [-0.1, -0.05) is 30.3 Å². The first kappa shape index (κ1) is 17.0. The van der Waals surface area contributed by atoms with Crippen LogP contribution in [0.15, 0.2) is 30.3 Å². The highest BCUT2D eigenvalue weighted by Gasteiger charge is 2.42. The predicted molar refractivity (Wildman–Crippen MR) is 100 cm³/mol. The van der Waals surface area contributed by atoms with Gasteiger partial charge in [-0.3, -0.25) is 9.69 Å². The first-order valence-corrected chi connectivity index (χ1v) is 9.96. The van der Waals surface area contributed by atoms with Gasteiger partial charge in [0.25, 0.3) is 0 Å². The van der Waals surface area contributed by atoms with E-state index >= 15 is 0 Å². The Kier molecular flexibility index (Phi) is 5.09. The number of nitrogens with zero attached hydrogens (tertiary/aromatic N) is 3. The molecule has 0 N–H and O–H groups in total. The Balaban J connectivity index is 1.48. The lowest BCUT2D eigenvalue weighted by molar-refractivity contribution is -0.133. The predicted octanol–water partition coefficient (Wildman–Crippen LogP) is 2.59. The van der Waals surface area contributed by atoms with Crippen LogP contribution in [0.4, 0.5) is 0 Å². The molecule has 0 aliphatic carbocycles. The molecule has 0 saturated carbocycles. The SMILES string of the molecule is CN1CCC(N2C[C@H]3CCCC(=O)N(Cc4ccccc4)[C@H]3C2)CC1. The maximum Gasteiger partial charge on any atom is 0.223 e. The molecule has 1 amide bonds. The van der Waals surface area contributed by atoms with E-state index in [-0.39, 0.29) is 0 Å². The zero-order chi connectivity index (χ0) is 17.2. The summed E-state index contributed by atoms with van der Waals surface area (Å²) in [5, 5.41) is 0. The van der Waals surface area contributed by atoms with Gasteiger partial charge in [0, 0.05) is 38.1 Å². The molecule has 4 heteroatoms. The molecule has 25 heavy (non-hydrogen) atoms. The van der Waals surface area contributed by atoms with Crippen molar-refractivity contribution in [2.24, 2.45) is 5.92 Å². The van der Waals surface area contributed by atoms with Gasteiger partial charge in [0.1, 0.15) is 0 Å². The number of carbonyl (C=O) groups excluding carboxylic acids is 1. The number of hydrogen-bond donors (Lipinski definition) is 0. The number of benzene rings is 1. The monoisotopic (exact) mass is 341 g/mol. The fourth-order valence-electron chi connectivity index (χ4n) is 5.01. The second-order valence-corrected chi connectivity index (χ2v) is 8.22. The van der Waals surface area contributed by atoms with Gasteiger partial charge in [0.05, 0.1) is 0 Å². The van der Waals surface area contributed by atoms with Crippen LogP contribution in [-0.4, -0.2) is 65.9 Å². The van der Waals surface area contributed by atoms with E-state index in [1.807, 2.05) is 6.07 Å². The number of fused-ring (bicyclic) bond motifs is 1. The molecular weight excluding hydrogens is 310 g/mol. The van der Waals surface area contributed by atoms with Crippen molar-refractivity contribution in [2.75, 3.05) is 33.2 Å². The molecule has 3 aliphatic heterocycles. The van der Waals surface area contributed by atoms with E-state index in [0.29, 0.717) is 17.9 Å². The molecule has 3 fully saturated rings. The van der Waals surface area contributed by atoms with E-state index in [0.717, 1.165) is 32.0 Å². The van der Waals surface area contributed by atoms with Crippen molar-refractivity contribution < 1.29 is 4.79 Å². The maximum absolute atomic E-state index is 12.8. The van der Waals surface area contributed by atoms with Gasteiger partial charge in [-0.25, -0.2) is 0 Å². The number of piperidine rings is 1. The van der Waals surface area contributed by atoms with Crippen molar-refractivity contribution in [3.8, 4) is 0 Å². The van der Waals surface area contributed by atoms with E-state index < -0.39 is 0 Å². The van der Waals surface area contributed by atoms with Crippen molar-refractivity contribution in [3.63, 3.8) is 0 Å². The van der Waals surface area contributed by atoms with Crippen LogP contribution in [0.1, 0.15) is 37.7 Å². The molecule has 0 spiro atoms. The molecule has 4 nitrogen and oxygen atoms in total. The lowest BCUT2D eigenvalue weighted by Crippen LogP contribution is -2.46. The maximum atomic E-state index is 12.8. The second kappa shape index (κ2) is 7.46. The quantitative estimate of drug-likeness (QED) is 0.845. The van der Waals surface area contributed by atoms with Crippen molar-refractivity contribution in [1.82, 2.24) is 14.7 Å². The Morgan fingerprint density at radius 1 is 1.04 bits per heavy atom. The van der Waals surface area contributed by atoms with Crippen LogP contribution in [-0.2, 0) is 11.3 Å². The van der Waals surface area contributed by atoms with Gasteiger partial charge in [-0.2, -0.15) is 0 Å². The molecule has 0 aromatic heterocycles. The fraction of sp³-hybridized carbons (Fsp3) is 0.667. The average Bonchev–Trinajstić information content (AvgIpc) is 2.99. The summed E-state index contributed by atoms with van der Waals surface area (Å²) in [5.74, 6) is 1.02. The molecule has 2 atom stereocenters. The third kappa shape index (κ3) is 3.75. The Morgan fingerprint density at radius 3 is 2.56 bits per heavy atom. The number of hydrogen-bond acceptors (Lipinski definition) is 3. The molecule has 0 bridgehead atoms. The Labute approximate surface area is 151 Å². The van der Waals surface area contributed by atoms with Crippen LogP contribution in [0.3, 0.4) is 0 Å². The van der Waals surface area contributed by atoms with E-state index in [1.165, 1.54) is 44.5 Å². The minimum absolute atomic E-state index is 0.363. The number of carbonyl (C=O) groups is 1. The van der Waals surface area contributed by atoms with Crippen molar-refractivity contribution in [3.05, 3.63) is 35.9 Å². The summed E-state index contributed by atoms with van der Waals surface area (Å²) in [6, 6.07) is 11.6. The van der Waals surface area contributed by atoms with Gasteiger partial charge in [0.2, 0.25) is 5.91 Å². The van der Waals surface area contributed by atoms with Crippen molar-refractivity contribution >= 4 is 5.91 Å². The number of amides is 1. The van der Waals surface area contributed by atoms with E-state index in [9.17, 15) is 4.79 Å². The van der Waals surface area contributed by atoms with E-state index in [4.69, 9.17) is 0 Å². The molecule has 3 saturated heterocycles. The molecule has 3 heterocycles. The molecule has 3 aliphatic rings.